The maximum absolute atomic E-state index is 13.3. The topological polar surface area (TPSA) is 65.2 Å². The molecular weight excluding hydrogens is 340 g/mol. The zero-order valence-electron chi connectivity index (χ0n) is 15.8. The van der Waals surface area contributed by atoms with Crippen molar-refractivity contribution in [2.24, 2.45) is 10.8 Å². The van der Waals surface area contributed by atoms with Crippen LogP contribution in [0.15, 0.2) is 28.7 Å². The van der Waals surface area contributed by atoms with E-state index in [0.717, 1.165) is 24.9 Å². The van der Waals surface area contributed by atoms with E-state index in [1.54, 1.807) is 4.90 Å². The number of carbonyl (C=O) groups excluding carboxylic acids is 1. The number of hydrogen-bond donors (Lipinski definition) is 1. The number of amides is 1. The van der Waals surface area contributed by atoms with E-state index in [4.69, 9.17) is 5.73 Å². The summed E-state index contributed by atoms with van der Waals surface area (Å²) in [6.07, 6.45) is 3.89. The van der Waals surface area contributed by atoms with Gasteiger partial charge in [0.15, 0.2) is 0 Å². The average Bonchev–Trinajstić information content (AvgIpc) is 2.94. The Hall–Kier alpha value is -1.96. The highest BCUT2D eigenvalue weighted by atomic mass is 19.1. The molecule has 8 heteroatoms. The minimum Gasteiger partial charge on any atom is -0.334 e. The van der Waals surface area contributed by atoms with Crippen molar-refractivity contribution in [2.45, 2.75) is 45.3 Å². The van der Waals surface area contributed by atoms with Gasteiger partial charge in [-0.25, -0.2) is 8.78 Å². The van der Waals surface area contributed by atoms with E-state index >= 15 is 0 Å². The number of fused-ring (bicyclic) bond motifs is 1. The molecule has 0 bridgehead atoms. The number of alkyl halides is 1. The van der Waals surface area contributed by atoms with Gasteiger partial charge in [-0.15, -0.1) is 0 Å². The fraction of sp³-hybridized carbons (Fsp3) is 0.667. The summed E-state index contributed by atoms with van der Waals surface area (Å²) in [7, 11) is 1.94. The van der Waals surface area contributed by atoms with Gasteiger partial charge in [-0.05, 0) is 31.4 Å². The van der Waals surface area contributed by atoms with E-state index in [2.05, 4.69) is 16.9 Å². The van der Waals surface area contributed by atoms with Crippen molar-refractivity contribution < 1.29 is 13.6 Å². The Kier molecular flexibility index (Phi) is 7.14. The van der Waals surface area contributed by atoms with E-state index in [9.17, 15) is 13.6 Å². The summed E-state index contributed by atoms with van der Waals surface area (Å²) in [6, 6.07) is -0.538. The Morgan fingerprint density at radius 3 is 2.77 bits per heavy atom. The van der Waals surface area contributed by atoms with Crippen molar-refractivity contribution in [1.82, 2.24) is 14.8 Å². The van der Waals surface area contributed by atoms with Crippen LogP contribution in [0, 0.1) is 0 Å². The molecule has 0 aliphatic carbocycles. The number of nitrogens with two attached hydrogens (primary N) is 1. The van der Waals surface area contributed by atoms with Crippen LogP contribution in [0.1, 0.15) is 33.1 Å². The molecule has 2 rings (SSSR count). The van der Waals surface area contributed by atoms with Gasteiger partial charge in [0.25, 0.3) is 0 Å². The molecule has 0 saturated carbocycles. The third-order valence-electron chi connectivity index (χ3n) is 4.81. The van der Waals surface area contributed by atoms with Gasteiger partial charge in [0.1, 0.15) is 24.5 Å². The molecule has 146 valence electrons. The van der Waals surface area contributed by atoms with Crippen LogP contribution in [0.2, 0.25) is 0 Å². The minimum absolute atomic E-state index is 0.0767. The van der Waals surface area contributed by atoms with Gasteiger partial charge in [-0.2, -0.15) is 5.10 Å². The Morgan fingerprint density at radius 1 is 1.42 bits per heavy atom. The zero-order valence-corrected chi connectivity index (χ0v) is 15.8. The van der Waals surface area contributed by atoms with Crippen LogP contribution in [0.4, 0.5) is 8.78 Å². The van der Waals surface area contributed by atoms with Crippen molar-refractivity contribution in [3.63, 3.8) is 0 Å². The van der Waals surface area contributed by atoms with E-state index in [0.29, 0.717) is 13.1 Å². The number of piperazine rings is 1. The average molecular weight is 369 g/mol. The lowest BCUT2D eigenvalue weighted by Crippen LogP contribution is -2.54. The second-order valence-electron chi connectivity index (χ2n) is 6.77. The third-order valence-corrected chi connectivity index (χ3v) is 4.81. The van der Waals surface area contributed by atoms with Crippen LogP contribution in [-0.2, 0) is 4.79 Å². The van der Waals surface area contributed by atoms with Crippen molar-refractivity contribution >= 4 is 11.7 Å². The molecule has 2 aliphatic heterocycles. The molecule has 1 unspecified atom stereocenters. The zero-order chi connectivity index (χ0) is 19.3. The van der Waals surface area contributed by atoms with Crippen molar-refractivity contribution in [2.75, 3.05) is 33.4 Å². The molecular formula is C18H29F2N5O. The van der Waals surface area contributed by atoms with Gasteiger partial charge < -0.3 is 15.5 Å². The Balaban J connectivity index is 1.90. The molecule has 1 saturated heterocycles. The summed E-state index contributed by atoms with van der Waals surface area (Å²) >= 11 is 0. The molecule has 1 fully saturated rings. The summed E-state index contributed by atoms with van der Waals surface area (Å²) < 4.78 is 26.3. The molecule has 2 aliphatic rings. The highest BCUT2D eigenvalue weighted by molar-refractivity contribution is 5.90. The predicted molar refractivity (Wildman–Crippen MR) is 98.7 cm³/mol. The maximum atomic E-state index is 13.3. The van der Waals surface area contributed by atoms with Crippen LogP contribution in [-0.4, -0.2) is 72.1 Å². The van der Waals surface area contributed by atoms with Gasteiger partial charge in [-0.1, -0.05) is 13.0 Å². The normalized spacial score (nSPS) is 22.5. The van der Waals surface area contributed by atoms with Crippen LogP contribution in [0.5, 0.6) is 0 Å². The largest absolute Gasteiger partial charge is 0.334 e. The number of carbonyl (C=O) groups is 1. The summed E-state index contributed by atoms with van der Waals surface area (Å²) in [5.41, 5.74) is 6.26. The lowest BCUT2D eigenvalue weighted by atomic mass is 10.0. The number of hydrazone groups is 1. The first kappa shape index (κ1) is 20.4. The Bertz CT molecular complexity index is 604. The van der Waals surface area contributed by atoms with Crippen LogP contribution in [0.25, 0.3) is 0 Å². The van der Waals surface area contributed by atoms with Gasteiger partial charge in [0.05, 0.1) is 6.54 Å². The quantitative estimate of drug-likeness (QED) is 0.697. The molecule has 0 radical (unpaired) electrons. The molecule has 0 aromatic heterocycles. The molecule has 2 atom stereocenters. The molecule has 0 aromatic rings. The molecule has 2 heterocycles. The summed E-state index contributed by atoms with van der Waals surface area (Å²) in [6.45, 7) is 4.70. The molecule has 0 aromatic carbocycles. The van der Waals surface area contributed by atoms with Crippen LogP contribution < -0.4 is 5.73 Å². The summed E-state index contributed by atoms with van der Waals surface area (Å²) in [5, 5.41) is 6.46. The molecule has 0 spiro atoms. The van der Waals surface area contributed by atoms with E-state index in [1.807, 2.05) is 12.1 Å². The highest BCUT2D eigenvalue weighted by Crippen LogP contribution is 2.21. The first-order valence-corrected chi connectivity index (χ1v) is 9.07. The first-order valence-electron chi connectivity index (χ1n) is 9.07. The third kappa shape index (κ3) is 4.81. The smallest absolute Gasteiger partial charge is 0.224 e. The SMILES string of the molecule is C/C=C(F)\C=C(/CF)C[C@@H](N)CC(=O)N1CCN2C(=NN(C)C2CC)C1. The molecule has 6 nitrogen and oxygen atoms in total. The first-order chi connectivity index (χ1) is 12.4. The Morgan fingerprint density at radius 2 is 2.15 bits per heavy atom. The van der Waals surface area contributed by atoms with Gasteiger partial charge in [0, 0.05) is 32.6 Å². The van der Waals surface area contributed by atoms with Crippen molar-refractivity contribution in [3.05, 3.63) is 23.6 Å². The molecule has 1 amide bonds. The fourth-order valence-corrected chi connectivity index (χ4v) is 3.45. The number of halogens is 2. The lowest BCUT2D eigenvalue weighted by molar-refractivity contribution is -0.131. The number of allylic oxidation sites excluding steroid dienone is 3. The second-order valence-corrected chi connectivity index (χ2v) is 6.77. The lowest BCUT2D eigenvalue weighted by Gasteiger charge is -2.37. The van der Waals surface area contributed by atoms with Gasteiger partial charge >= 0.3 is 0 Å². The minimum atomic E-state index is -0.774. The maximum Gasteiger partial charge on any atom is 0.224 e. The fourth-order valence-electron chi connectivity index (χ4n) is 3.45. The Labute approximate surface area is 154 Å². The summed E-state index contributed by atoms with van der Waals surface area (Å²) in [5.74, 6) is 0.320. The van der Waals surface area contributed by atoms with Crippen molar-refractivity contribution in [3.8, 4) is 0 Å². The van der Waals surface area contributed by atoms with Gasteiger partial charge in [-0.3, -0.25) is 9.80 Å². The predicted octanol–water partition coefficient (Wildman–Crippen LogP) is 2.00. The van der Waals surface area contributed by atoms with E-state index in [-0.39, 0.29) is 30.5 Å². The van der Waals surface area contributed by atoms with Crippen molar-refractivity contribution in [1.29, 1.82) is 0 Å². The highest BCUT2D eigenvalue weighted by Gasteiger charge is 2.36. The monoisotopic (exact) mass is 369 g/mol. The number of amidine groups is 1. The van der Waals surface area contributed by atoms with E-state index in [1.165, 1.54) is 13.0 Å². The number of hydrogen-bond acceptors (Lipinski definition) is 5. The summed E-state index contributed by atoms with van der Waals surface area (Å²) in [4.78, 5) is 16.5. The van der Waals surface area contributed by atoms with E-state index < -0.39 is 18.5 Å². The number of nitrogens with zero attached hydrogens (tertiary/aromatic N) is 4. The molecule has 26 heavy (non-hydrogen) atoms. The molecule has 2 N–H and O–H groups in total. The second kappa shape index (κ2) is 9.12. The number of rotatable bonds is 7. The van der Waals surface area contributed by atoms with Crippen LogP contribution >= 0.6 is 0 Å². The van der Waals surface area contributed by atoms with Gasteiger partial charge in [0.2, 0.25) is 5.91 Å². The standard InChI is InChI=1S/C18H29F2N5O/c1-4-14(20)8-13(11-19)9-15(21)10-18(26)24-6-7-25-16(12-24)22-23(3)17(25)5-2/h4,8,15,17H,5-7,9-12,21H2,1-3H3/b13-8-,14-4+/t15-,17?/m1/s1. The van der Waals surface area contributed by atoms with Crippen LogP contribution in [0.3, 0.4) is 0 Å².